The first-order valence-electron chi connectivity index (χ1n) is 4.09. The van der Waals surface area contributed by atoms with E-state index in [1.165, 1.54) is 0 Å². The number of rotatable bonds is 6. The Labute approximate surface area is 85.1 Å². The monoisotopic (exact) mass is 221 g/mol. The van der Waals surface area contributed by atoms with E-state index >= 15 is 0 Å². The van der Waals surface area contributed by atoms with Crippen LogP contribution in [-0.4, -0.2) is 47.7 Å². The van der Waals surface area contributed by atoms with Crippen LogP contribution in [0.5, 0.6) is 0 Å². The molecule has 0 rings (SSSR count). The Bertz CT molecular complexity index is 232. The van der Waals surface area contributed by atoms with Gasteiger partial charge >= 0.3 is 0 Å². The van der Waals surface area contributed by atoms with Gasteiger partial charge in [0.2, 0.25) is 11.8 Å². The zero-order valence-corrected chi connectivity index (χ0v) is 8.86. The van der Waals surface area contributed by atoms with Crippen LogP contribution in [0, 0.1) is 0 Å². The van der Waals surface area contributed by atoms with Crippen molar-refractivity contribution < 1.29 is 13.8 Å². The van der Waals surface area contributed by atoms with E-state index in [1.54, 1.807) is 6.26 Å². The molecule has 2 amide bonds. The van der Waals surface area contributed by atoms with Gasteiger partial charge in [0.05, 0.1) is 13.1 Å². The Morgan fingerprint density at radius 3 is 2.43 bits per heavy atom. The summed E-state index contributed by atoms with van der Waals surface area (Å²) in [4.78, 5) is 21.6. The number of nitrogens with two attached hydrogens (primary N) is 1. The fourth-order valence-electron chi connectivity index (χ4n) is 0.648. The Hall–Kier alpha value is -0.950. The maximum absolute atomic E-state index is 11.0. The summed E-state index contributed by atoms with van der Waals surface area (Å²) in [5.74, 6) is -0.271. The van der Waals surface area contributed by atoms with E-state index < -0.39 is 10.8 Å². The number of nitrogens with one attached hydrogen (secondary N) is 2. The predicted octanol–water partition coefficient (Wildman–Crippen LogP) is -2.44. The molecule has 4 N–H and O–H groups in total. The first-order valence-corrected chi connectivity index (χ1v) is 5.82. The van der Waals surface area contributed by atoms with Crippen molar-refractivity contribution in [3.63, 3.8) is 0 Å². The lowest BCUT2D eigenvalue weighted by atomic mass is 10.5. The van der Waals surface area contributed by atoms with Gasteiger partial charge in [0.15, 0.2) is 0 Å². The molecule has 82 valence electrons. The molecule has 6 nitrogen and oxygen atoms in total. The molecule has 0 spiro atoms. The van der Waals surface area contributed by atoms with Gasteiger partial charge in [-0.15, -0.1) is 0 Å². The zero-order chi connectivity index (χ0) is 11.0. The average molecular weight is 221 g/mol. The summed E-state index contributed by atoms with van der Waals surface area (Å²) in [6.07, 6.45) is 1.56. The second-order valence-corrected chi connectivity index (χ2v) is 4.16. The lowest BCUT2D eigenvalue weighted by Gasteiger charge is -2.04. The molecule has 0 radical (unpaired) electrons. The summed E-state index contributed by atoms with van der Waals surface area (Å²) in [6.45, 7) is 0.124. The summed E-state index contributed by atoms with van der Waals surface area (Å²) in [6, 6.07) is 0. The van der Waals surface area contributed by atoms with Crippen molar-refractivity contribution in [2.45, 2.75) is 0 Å². The van der Waals surface area contributed by atoms with Crippen molar-refractivity contribution >= 4 is 22.6 Å². The van der Waals surface area contributed by atoms with Crippen LogP contribution in [0.25, 0.3) is 0 Å². The highest BCUT2D eigenvalue weighted by atomic mass is 32.2. The van der Waals surface area contributed by atoms with Gasteiger partial charge in [-0.25, -0.2) is 0 Å². The minimum absolute atomic E-state index is 0.0909. The van der Waals surface area contributed by atoms with Crippen molar-refractivity contribution in [1.82, 2.24) is 10.6 Å². The smallest absolute Gasteiger partial charge is 0.239 e. The number of carbonyl (C=O) groups is 2. The summed E-state index contributed by atoms with van der Waals surface area (Å²) in [5.41, 5.74) is 5.01. The van der Waals surface area contributed by atoms with Crippen LogP contribution in [0.3, 0.4) is 0 Å². The average Bonchev–Trinajstić information content (AvgIpc) is 2.13. The standard InChI is InChI=1S/C7H15N3O3S/c1-14(13)3-2-9-7(12)5-10-6(11)4-8/h2-5,8H2,1H3,(H,9,12)(H,10,11). The molecule has 0 saturated carbocycles. The molecule has 7 heteroatoms. The highest BCUT2D eigenvalue weighted by Gasteiger charge is 2.02. The predicted molar refractivity (Wildman–Crippen MR) is 54.0 cm³/mol. The molecule has 14 heavy (non-hydrogen) atoms. The third-order valence-corrected chi connectivity index (χ3v) is 2.12. The number of hydrogen-bond acceptors (Lipinski definition) is 4. The minimum atomic E-state index is -0.918. The fraction of sp³-hybridized carbons (Fsp3) is 0.714. The van der Waals surface area contributed by atoms with E-state index in [9.17, 15) is 13.8 Å². The summed E-state index contributed by atoms with van der Waals surface area (Å²) in [5, 5.41) is 4.82. The molecule has 0 fully saturated rings. The highest BCUT2D eigenvalue weighted by Crippen LogP contribution is 1.72. The van der Waals surface area contributed by atoms with Gasteiger partial charge in [-0.1, -0.05) is 0 Å². The first kappa shape index (κ1) is 13.1. The van der Waals surface area contributed by atoms with Crippen LogP contribution < -0.4 is 16.4 Å². The summed E-state index contributed by atoms with van der Waals surface area (Å²) < 4.78 is 10.6. The molecule has 0 aliphatic carbocycles. The molecule has 0 aromatic carbocycles. The fourth-order valence-corrected chi connectivity index (χ4v) is 1.04. The number of hydrogen-bond donors (Lipinski definition) is 3. The van der Waals surface area contributed by atoms with Crippen LogP contribution in [0.2, 0.25) is 0 Å². The van der Waals surface area contributed by atoms with Crippen LogP contribution in [0.15, 0.2) is 0 Å². The van der Waals surface area contributed by atoms with Crippen molar-refractivity contribution in [2.75, 3.05) is 31.6 Å². The lowest BCUT2D eigenvalue weighted by molar-refractivity contribution is -0.125. The maximum Gasteiger partial charge on any atom is 0.239 e. The SMILES string of the molecule is CS(=O)CCNC(=O)CNC(=O)CN. The first-order chi connectivity index (χ1) is 6.56. The molecular formula is C7H15N3O3S. The van der Waals surface area contributed by atoms with Crippen molar-refractivity contribution in [2.24, 2.45) is 5.73 Å². The number of amides is 2. The van der Waals surface area contributed by atoms with E-state index in [2.05, 4.69) is 10.6 Å². The van der Waals surface area contributed by atoms with E-state index in [1.807, 2.05) is 0 Å². The molecular weight excluding hydrogens is 206 g/mol. The molecule has 0 aromatic heterocycles. The van der Waals surface area contributed by atoms with Gasteiger partial charge < -0.3 is 16.4 Å². The molecule has 1 atom stereocenters. The third-order valence-electron chi connectivity index (χ3n) is 1.34. The van der Waals surface area contributed by atoms with Gasteiger partial charge in [0.25, 0.3) is 0 Å². The second kappa shape index (κ2) is 7.45. The molecule has 0 bridgehead atoms. The van der Waals surface area contributed by atoms with E-state index in [-0.39, 0.29) is 24.9 Å². The largest absolute Gasteiger partial charge is 0.354 e. The Kier molecular flexibility index (Phi) is 6.95. The Balaban J connectivity index is 3.46. The lowest BCUT2D eigenvalue weighted by Crippen LogP contribution is -2.40. The van der Waals surface area contributed by atoms with Crippen LogP contribution in [0.1, 0.15) is 0 Å². The minimum Gasteiger partial charge on any atom is -0.354 e. The van der Waals surface area contributed by atoms with Crippen LogP contribution in [-0.2, 0) is 20.4 Å². The van der Waals surface area contributed by atoms with E-state index in [4.69, 9.17) is 5.73 Å². The van der Waals surface area contributed by atoms with Crippen molar-refractivity contribution in [1.29, 1.82) is 0 Å². The van der Waals surface area contributed by atoms with Crippen LogP contribution >= 0.6 is 0 Å². The van der Waals surface area contributed by atoms with Crippen molar-refractivity contribution in [3.8, 4) is 0 Å². The van der Waals surface area contributed by atoms with Crippen LogP contribution in [0.4, 0.5) is 0 Å². The van der Waals surface area contributed by atoms with E-state index in [0.717, 1.165) is 0 Å². The molecule has 0 saturated heterocycles. The van der Waals surface area contributed by atoms with Gasteiger partial charge in [0, 0.05) is 29.4 Å². The quantitative estimate of drug-likeness (QED) is 0.463. The maximum atomic E-state index is 11.0. The van der Waals surface area contributed by atoms with Crippen molar-refractivity contribution in [3.05, 3.63) is 0 Å². The summed E-state index contributed by atoms with van der Waals surface area (Å²) >= 11 is 0. The number of carbonyl (C=O) groups excluding carboxylic acids is 2. The molecule has 0 aromatic rings. The van der Waals surface area contributed by atoms with Gasteiger partial charge in [-0.3, -0.25) is 13.8 Å². The van der Waals surface area contributed by atoms with Gasteiger partial charge in [-0.05, 0) is 0 Å². The Morgan fingerprint density at radius 2 is 1.93 bits per heavy atom. The summed E-state index contributed by atoms with van der Waals surface area (Å²) in [7, 11) is -0.918. The Morgan fingerprint density at radius 1 is 1.29 bits per heavy atom. The molecule has 1 unspecified atom stereocenters. The van der Waals surface area contributed by atoms with E-state index in [0.29, 0.717) is 12.3 Å². The molecule has 0 heterocycles. The van der Waals surface area contributed by atoms with Gasteiger partial charge in [-0.2, -0.15) is 0 Å². The highest BCUT2D eigenvalue weighted by molar-refractivity contribution is 7.84. The third kappa shape index (κ3) is 7.69. The topological polar surface area (TPSA) is 101 Å². The normalized spacial score (nSPS) is 11.9. The molecule has 0 aliphatic rings. The second-order valence-electron chi connectivity index (χ2n) is 2.61. The zero-order valence-electron chi connectivity index (χ0n) is 8.04. The van der Waals surface area contributed by atoms with Gasteiger partial charge in [0.1, 0.15) is 0 Å². The molecule has 0 aliphatic heterocycles.